The van der Waals surface area contributed by atoms with Crippen LogP contribution in [0.1, 0.15) is 19.3 Å². The lowest BCUT2D eigenvalue weighted by atomic mass is 10.2. The van der Waals surface area contributed by atoms with E-state index in [1.807, 2.05) is 0 Å². The van der Waals surface area contributed by atoms with Crippen LogP contribution in [-0.4, -0.2) is 36.9 Å². The lowest BCUT2D eigenvalue weighted by molar-refractivity contribution is -0.140. The molecule has 14 heavy (non-hydrogen) atoms. The van der Waals surface area contributed by atoms with Crippen LogP contribution in [0.25, 0.3) is 0 Å². The van der Waals surface area contributed by atoms with Gasteiger partial charge in [0.05, 0.1) is 18.9 Å². The van der Waals surface area contributed by atoms with Gasteiger partial charge in [-0.15, -0.1) is 11.8 Å². The van der Waals surface area contributed by atoms with E-state index in [0.29, 0.717) is 11.7 Å². The minimum absolute atomic E-state index is 0.148. The Morgan fingerprint density at radius 1 is 1.64 bits per heavy atom. The fourth-order valence-corrected chi connectivity index (χ4v) is 2.55. The molecule has 1 fully saturated rings. The molecule has 0 aromatic carbocycles. The highest BCUT2D eigenvalue weighted by atomic mass is 32.2. The Labute approximate surface area is 88.5 Å². The van der Waals surface area contributed by atoms with Gasteiger partial charge in [-0.05, 0) is 12.8 Å². The Balaban J connectivity index is 2.18. The molecule has 1 saturated heterocycles. The Morgan fingerprint density at radius 2 is 2.29 bits per heavy atom. The van der Waals surface area contributed by atoms with Gasteiger partial charge in [0, 0.05) is 18.5 Å². The van der Waals surface area contributed by atoms with Gasteiger partial charge in [-0.2, -0.15) is 0 Å². The molecule has 4 nitrogen and oxygen atoms in total. The summed E-state index contributed by atoms with van der Waals surface area (Å²) in [5.74, 6) is -0.239. The molecule has 1 unspecified atom stereocenters. The number of methoxy groups -OCH3 is 1. The fraction of sp³-hybridized carbons (Fsp3) is 0.889. The van der Waals surface area contributed by atoms with E-state index >= 15 is 0 Å². The molecule has 0 saturated carbocycles. The van der Waals surface area contributed by atoms with Crippen molar-refractivity contribution in [3.05, 3.63) is 0 Å². The maximum Gasteiger partial charge on any atom is 0.307 e. The normalized spacial score (nSPS) is 20.4. The van der Waals surface area contributed by atoms with Crippen LogP contribution in [0.3, 0.4) is 0 Å². The Bertz CT molecular complexity index is 183. The first kappa shape index (κ1) is 11.8. The third-order valence-corrected chi connectivity index (χ3v) is 3.50. The summed E-state index contributed by atoms with van der Waals surface area (Å²) >= 11 is 1.66. The van der Waals surface area contributed by atoms with Crippen LogP contribution < -0.4 is 5.73 Å². The lowest BCUT2D eigenvalue weighted by Gasteiger charge is -2.23. The molecule has 2 N–H and O–H groups in total. The van der Waals surface area contributed by atoms with E-state index in [4.69, 9.17) is 10.5 Å². The number of hydrogen-bond donors (Lipinski definition) is 1. The third-order valence-electron chi connectivity index (χ3n) is 2.13. The van der Waals surface area contributed by atoms with Gasteiger partial charge in [0.25, 0.3) is 0 Å². The summed E-state index contributed by atoms with van der Waals surface area (Å²) in [6.07, 6.45) is 2.34. The van der Waals surface area contributed by atoms with Crippen molar-refractivity contribution in [2.75, 3.05) is 20.3 Å². The second kappa shape index (κ2) is 6.27. The van der Waals surface area contributed by atoms with Gasteiger partial charge in [0.2, 0.25) is 0 Å². The van der Waals surface area contributed by atoms with Crippen molar-refractivity contribution in [3.8, 4) is 0 Å². The molecule has 0 aromatic rings. The highest BCUT2D eigenvalue weighted by Gasteiger charge is 2.19. The Morgan fingerprint density at radius 3 is 2.86 bits per heavy atom. The molecule has 1 aliphatic heterocycles. The summed E-state index contributed by atoms with van der Waals surface area (Å²) in [7, 11) is 1.38. The zero-order chi connectivity index (χ0) is 10.4. The molecule has 0 aliphatic carbocycles. The highest BCUT2D eigenvalue weighted by Crippen LogP contribution is 2.25. The molecule has 0 bridgehead atoms. The minimum Gasteiger partial charge on any atom is -0.469 e. The van der Waals surface area contributed by atoms with Gasteiger partial charge in [-0.25, -0.2) is 0 Å². The summed E-state index contributed by atoms with van der Waals surface area (Å²) in [6.45, 7) is 1.62. The highest BCUT2D eigenvalue weighted by molar-refractivity contribution is 8.00. The number of carbonyl (C=O) groups excluding carboxylic acids is 1. The zero-order valence-electron chi connectivity index (χ0n) is 8.40. The van der Waals surface area contributed by atoms with Crippen LogP contribution in [0.2, 0.25) is 0 Å². The van der Waals surface area contributed by atoms with Crippen molar-refractivity contribution in [2.45, 2.75) is 29.9 Å². The predicted molar refractivity (Wildman–Crippen MR) is 56.0 cm³/mol. The predicted octanol–water partition coefficient (Wildman–Crippen LogP) is 0.746. The molecule has 0 spiro atoms. The van der Waals surface area contributed by atoms with Crippen LogP contribution in [0.5, 0.6) is 0 Å². The van der Waals surface area contributed by atoms with E-state index in [1.54, 1.807) is 11.8 Å². The van der Waals surface area contributed by atoms with Crippen molar-refractivity contribution in [2.24, 2.45) is 5.73 Å². The van der Waals surface area contributed by atoms with E-state index in [-0.39, 0.29) is 11.3 Å². The molecule has 1 heterocycles. The monoisotopic (exact) mass is 219 g/mol. The van der Waals surface area contributed by atoms with Crippen molar-refractivity contribution >= 4 is 17.7 Å². The van der Waals surface area contributed by atoms with E-state index < -0.39 is 0 Å². The van der Waals surface area contributed by atoms with Gasteiger partial charge in [-0.1, -0.05) is 0 Å². The van der Waals surface area contributed by atoms with Crippen LogP contribution in [0.15, 0.2) is 0 Å². The van der Waals surface area contributed by atoms with Crippen molar-refractivity contribution in [1.29, 1.82) is 0 Å². The maximum absolute atomic E-state index is 10.9. The SMILES string of the molecule is COC(=O)CC(N)SC1CCOCC1. The van der Waals surface area contributed by atoms with Gasteiger partial charge in [0.15, 0.2) is 0 Å². The van der Waals surface area contributed by atoms with Crippen LogP contribution in [0, 0.1) is 0 Å². The second-order valence-corrected chi connectivity index (χ2v) is 4.81. The molecule has 5 heteroatoms. The van der Waals surface area contributed by atoms with Gasteiger partial charge < -0.3 is 15.2 Å². The van der Waals surface area contributed by atoms with E-state index in [0.717, 1.165) is 26.1 Å². The molecule has 1 atom stereocenters. The number of esters is 1. The standard InChI is InChI=1S/C9H17NO3S/c1-12-9(11)6-8(10)14-7-2-4-13-5-3-7/h7-8H,2-6,10H2,1H3. The second-order valence-electron chi connectivity index (χ2n) is 3.27. The average molecular weight is 219 g/mol. The molecule has 82 valence electrons. The molecule has 0 amide bonds. The van der Waals surface area contributed by atoms with Crippen molar-refractivity contribution in [1.82, 2.24) is 0 Å². The lowest BCUT2D eigenvalue weighted by Crippen LogP contribution is -2.27. The third kappa shape index (κ3) is 4.30. The van der Waals surface area contributed by atoms with Gasteiger partial charge >= 0.3 is 5.97 Å². The first-order valence-corrected chi connectivity index (χ1v) is 5.72. The number of ether oxygens (including phenoxy) is 2. The molecule has 1 rings (SSSR count). The topological polar surface area (TPSA) is 61.5 Å². The Hall–Kier alpha value is -0.260. The maximum atomic E-state index is 10.9. The van der Waals surface area contributed by atoms with Gasteiger partial charge in [-0.3, -0.25) is 4.79 Å². The first-order valence-electron chi connectivity index (χ1n) is 4.78. The summed E-state index contributed by atoms with van der Waals surface area (Å²) in [6, 6.07) is 0. The van der Waals surface area contributed by atoms with Crippen LogP contribution in [-0.2, 0) is 14.3 Å². The zero-order valence-corrected chi connectivity index (χ0v) is 9.22. The molecule has 0 aromatic heterocycles. The van der Waals surface area contributed by atoms with Gasteiger partial charge in [0.1, 0.15) is 0 Å². The molecular formula is C9H17NO3S. The molecule has 1 aliphatic rings. The minimum atomic E-state index is -0.239. The summed E-state index contributed by atoms with van der Waals surface area (Å²) < 4.78 is 9.79. The number of carbonyl (C=O) groups is 1. The summed E-state index contributed by atoms with van der Waals surface area (Å²) in [4.78, 5) is 10.9. The van der Waals surface area contributed by atoms with Crippen LogP contribution in [0.4, 0.5) is 0 Å². The number of rotatable bonds is 4. The van der Waals surface area contributed by atoms with E-state index in [1.165, 1.54) is 7.11 Å². The number of nitrogens with two attached hydrogens (primary N) is 1. The first-order chi connectivity index (χ1) is 6.72. The number of thioether (sulfide) groups is 1. The van der Waals surface area contributed by atoms with E-state index in [9.17, 15) is 4.79 Å². The Kier molecular flexibility index (Phi) is 5.29. The fourth-order valence-electron chi connectivity index (χ4n) is 1.35. The number of hydrogen-bond acceptors (Lipinski definition) is 5. The smallest absolute Gasteiger partial charge is 0.307 e. The summed E-state index contributed by atoms with van der Waals surface area (Å²) in [5, 5.41) is 0.383. The quantitative estimate of drug-likeness (QED) is 0.558. The van der Waals surface area contributed by atoms with Crippen molar-refractivity contribution in [3.63, 3.8) is 0 Å². The van der Waals surface area contributed by atoms with Crippen molar-refractivity contribution < 1.29 is 14.3 Å². The molecule has 0 radical (unpaired) electrons. The summed E-state index contributed by atoms with van der Waals surface area (Å²) in [5.41, 5.74) is 5.80. The average Bonchev–Trinajstić information content (AvgIpc) is 2.19. The van der Waals surface area contributed by atoms with Crippen LogP contribution >= 0.6 is 11.8 Å². The largest absolute Gasteiger partial charge is 0.469 e. The molecular weight excluding hydrogens is 202 g/mol. The van der Waals surface area contributed by atoms with E-state index in [2.05, 4.69) is 4.74 Å².